The fraction of sp³-hybridized carbons (Fsp3) is 0.211. The van der Waals surface area contributed by atoms with E-state index in [2.05, 4.69) is 4.98 Å². The topological polar surface area (TPSA) is 52.0 Å². The van der Waals surface area contributed by atoms with Crippen LogP contribution in [0.15, 0.2) is 48.8 Å². The van der Waals surface area contributed by atoms with Gasteiger partial charge in [0.2, 0.25) is 0 Å². The summed E-state index contributed by atoms with van der Waals surface area (Å²) < 4.78 is 15.6. The van der Waals surface area contributed by atoms with Crippen molar-refractivity contribution in [2.24, 2.45) is 0 Å². The summed E-state index contributed by atoms with van der Waals surface area (Å²) in [5.41, 5.74) is 1.09. The highest BCUT2D eigenvalue weighted by atomic mass is 32.1. The predicted molar refractivity (Wildman–Crippen MR) is 93.3 cm³/mol. The summed E-state index contributed by atoms with van der Waals surface area (Å²) >= 11 is 1.33. The van der Waals surface area contributed by atoms with Crippen molar-refractivity contribution in [2.45, 2.75) is 25.3 Å². The maximum Gasteiger partial charge on any atom is 0.179 e. The molecule has 0 radical (unpaired) electrons. The van der Waals surface area contributed by atoms with Crippen LogP contribution in [0.25, 0.3) is 10.4 Å². The number of carbonyl (C=O) groups excluding carboxylic acids is 2. The summed E-state index contributed by atoms with van der Waals surface area (Å²) in [6.45, 7) is 0. The zero-order valence-electron chi connectivity index (χ0n) is 13.3. The van der Waals surface area contributed by atoms with Gasteiger partial charge in [-0.2, -0.15) is 0 Å². The normalized spacial score (nSPS) is 16.7. The Morgan fingerprint density at radius 3 is 2.96 bits per heavy atom. The Labute approximate surface area is 147 Å². The molecule has 0 bridgehead atoms. The van der Waals surface area contributed by atoms with Crippen molar-refractivity contribution in [2.75, 3.05) is 0 Å². The molecule has 1 aliphatic rings. The number of aromatic nitrogens is 2. The average Bonchev–Trinajstić information content (AvgIpc) is 3.25. The Hall–Kier alpha value is -2.60. The molecule has 1 unspecified atom stereocenters. The van der Waals surface area contributed by atoms with Crippen LogP contribution in [0, 0.1) is 5.82 Å². The molecule has 0 fully saturated rings. The molecule has 0 spiro atoms. The largest absolute Gasteiger partial charge is 0.335 e. The van der Waals surface area contributed by atoms with Crippen LogP contribution in [-0.2, 0) is 11.2 Å². The van der Waals surface area contributed by atoms with Gasteiger partial charge in [0.1, 0.15) is 10.8 Å². The van der Waals surface area contributed by atoms with E-state index in [0.29, 0.717) is 34.0 Å². The number of carbonyl (C=O) groups is 2. The molecule has 1 aliphatic heterocycles. The van der Waals surface area contributed by atoms with Crippen molar-refractivity contribution < 1.29 is 14.0 Å². The molecule has 2 aromatic heterocycles. The van der Waals surface area contributed by atoms with Crippen LogP contribution in [0.5, 0.6) is 0 Å². The van der Waals surface area contributed by atoms with Crippen LogP contribution in [0.2, 0.25) is 0 Å². The van der Waals surface area contributed by atoms with Gasteiger partial charge in [-0.3, -0.25) is 9.59 Å². The van der Waals surface area contributed by atoms with E-state index in [-0.39, 0.29) is 29.8 Å². The van der Waals surface area contributed by atoms with Gasteiger partial charge in [0.05, 0.1) is 23.0 Å². The van der Waals surface area contributed by atoms with Gasteiger partial charge >= 0.3 is 0 Å². The first-order valence-electron chi connectivity index (χ1n) is 8.06. The van der Waals surface area contributed by atoms with E-state index < -0.39 is 0 Å². The Morgan fingerprint density at radius 2 is 2.12 bits per heavy atom. The first kappa shape index (κ1) is 15.9. The van der Waals surface area contributed by atoms with Crippen molar-refractivity contribution in [3.63, 3.8) is 0 Å². The Balaban J connectivity index is 1.54. The lowest BCUT2D eigenvalue weighted by atomic mass is 9.97. The van der Waals surface area contributed by atoms with Gasteiger partial charge in [-0.15, -0.1) is 11.3 Å². The van der Waals surface area contributed by atoms with Gasteiger partial charge in [-0.05, 0) is 24.6 Å². The minimum atomic E-state index is -0.330. The molecule has 0 N–H and O–H groups in total. The number of nitrogens with zero attached hydrogens (tertiary/aromatic N) is 2. The van der Waals surface area contributed by atoms with Crippen LogP contribution >= 0.6 is 11.3 Å². The zero-order chi connectivity index (χ0) is 17.4. The maximum absolute atomic E-state index is 13.9. The molecule has 3 heterocycles. The standard InChI is InChI=1S/C19H15FN2O2S/c20-13-5-2-1-4-12(13)18-11-21-19(25-18)10-17(24)15-7-8-16(23)14-6-3-9-22(14)15/h1-6,9,11,15H,7-8,10H2. The molecule has 1 aromatic carbocycles. The minimum absolute atomic E-state index is 0.0272. The highest BCUT2D eigenvalue weighted by Gasteiger charge is 2.29. The van der Waals surface area contributed by atoms with Crippen LogP contribution in [0.1, 0.15) is 34.4 Å². The second kappa shape index (κ2) is 6.37. The summed E-state index contributed by atoms with van der Waals surface area (Å²) in [5.74, 6) is -0.198. The van der Waals surface area contributed by atoms with Crippen molar-refractivity contribution >= 4 is 22.9 Å². The van der Waals surface area contributed by atoms with Gasteiger partial charge in [-0.1, -0.05) is 18.2 Å². The lowest BCUT2D eigenvalue weighted by molar-refractivity contribution is -0.121. The summed E-state index contributed by atoms with van der Waals surface area (Å²) in [6, 6.07) is 9.74. The number of hydrogen-bond acceptors (Lipinski definition) is 4. The number of hydrogen-bond donors (Lipinski definition) is 0. The lowest BCUT2D eigenvalue weighted by Gasteiger charge is -2.24. The van der Waals surface area contributed by atoms with Gasteiger partial charge in [-0.25, -0.2) is 9.37 Å². The Morgan fingerprint density at radius 1 is 1.28 bits per heavy atom. The Kier molecular flexibility index (Phi) is 4.05. The number of thiazole rings is 1. The average molecular weight is 354 g/mol. The van der Waals surface area contributed by atoms with E-state index >= 15 is 0 Å². The fourth-order valence-electron chi connectivity index (χ4n) is 3.20. The number of benzene rings is 1. The summed E-state index contributed by atoms with van der Waals surface area (Å²) in [6.07, 6.45) is 4.48. The molecule has 126 valence electrons. The number of rotatable bonds is 4. The quantitative estimate of drug-likeness (QED) is 0.709. The van der Waals surface area contributed by atoms with Gasteiger partial charge in [0, 0.05) is 24.4 Å². The number of fused-ring (bicyclic) bond motifs is 1. The number of halogens is 1. The third-order valence-corrected chi connectivity index (χ3v) is 5.47. The monoisotopic (exact) mass is 354 g/mol. The highest BCUT2D eigenvalue weighted by Crippen LogP contribution is 2.31. The zero-order valence-corrected chi connectivity index (χ0v) is 14.1. The SMILES string of the molecule is O=C1CCC(C(=O)Cc2ncc(-c3ccccc3F)s2)n2cccc21. The second-order valence-corrected chi connectivity index (χ2v) is 7.13. The third-order valence-electron chi connectivity index (χ3n) is 4.44. The summed E-state index contributed by atoms with van der Waals surface area (Å²) in [7, 11) is 0. The van der Waals surface area contributed by atoms with E-state index in [1.54, 1.807) is 47.3 Å². The molecule has 3 aromatic rings. The molecule has 0 saturated heterocycles. The summed E-state index contributed by atoms with van der Waals surface area (Å²) in [4.78, 5) is 29.6. The smallest absolute Gasteiger partial charge is 0.179 e. The van der Waals surface area contributed by atoms with E-state index in [1.807, 2.05) is 0 Å². The lowest BCUT2D eigenvalue weighted by Crippen LogP contribution is -2.28. The first-order chi connectivity index (χ1) is 12.1. The van der Waals surface area contributed by atoms with Gasteiger partial charge < -0.3 is 4.57 Å². The van der Waals surface area contributed by atoms with E-state index in [9.17, 15) is 14.0 Å². The fourth-order valence-corrected chi connectivity index (χ4v) is 4.15. The maximum atomic E-state index is 13.9. The number of Topliss-reactive ketones (excluding diaryl/α,β-unsaturated/α-hetero) is 2. The third kappa shape index (κ3) is 2.93. The minimum Gasteiger partial charge on any atom is -0.335 e. The molecule has 0 aliphatic carbocycles. The molecule has 1 atom stereocenters. The highest BCUT2D eigenvalue weighted by molar-refractivity contribution is 7.15. The second-order valence-electron chi connectivity index (χ2n) is 6.02. The van der Waals surface area contributed by atoms with Crippen LogP contribution in [0.3, 0.4) is 0 Å². The predicted octanol–water partition coefficient (Wildman–Crippen LogP) is 4.08. The Bertz CT molecular complexity index is 960. The van der Waals surface area contributed by atoms with Crippen LogP contribution in [0.4, 0.5) is 4.39 Å². The van der Waals surface area contributed by atoms with Crippen molar-refractivity contribution in [3.8, 4) is 10.4 Å². The van der Waals surface area contributed by atoms with E-state index in [1.165, 1.54) is 17.4 Å². The van der Waals surface area contributed by atoms with Crippen molar-refractivity contribution in [1.29, 1.82) is 0 Å². The van der Waals surface area contributed by atoms with Crippen molar-refractivity contribution in [1.82, 2.24) is 9.55 Å². The van der Waals surface area contributed by atoms with E-state index in [0.717, 1.165) is 0 Å². The molecule has 4 nitrogen and oxygen atoms in total. The van der Waals surface area contributed by atoms with Gasteiger partial charge in [0.25, 0.3) is 0 Å². The molecular formula is C19H15FN2O2S. The van der Waals surface area contributed by atoms with Gasteiger partial charge in [0.15, 0.2) is 11.6 Å². The molecule has 4 rings (SSSR count). The first-order valence-corrected chi connectivity index (χ1v) is 8.87. The van der Waals surface area contributed by atoms with Crippen LogP contribution < -0.4 is 0 Å². The van der Waals surface area contributed by atoms with E-state index in [4.69, 9.17) is 0 Å². The molecule has 0 saturated carbocycles. The molecule has 6 heteroatoms. The van der Waals surface area contributed by atoms with Crippen molar-refractivity contribution in [3.05, 3.63) is 65.3 Å². The molecule has 0 amide bonds. The molecular weight excluding hydrogens is 339 g/mol. The summed E-state index contributed by atoms with van der Waals surface area (Å²) in [5, 5.41) is 0.661. The van der Waals surface area contributed by atoms with Crippen LogP contribution in [-0.4, -0.2) is 21.1 Å². The molecule has 25 heavy (non-hydrogen) atoms. The number of ketones is 2.